The van der Waals surface area contributed by atoms with Crippen molar-refractivity contribution in [2.24, 2.45) is 0 Å². The van der Waals surface area contributed by atoms with Crippen molar-refractivity contribution in [2.45, 2.75) is 0 Å². The first-order chi connectivity index (χ1) is 0. The van der Waals surface area contributed by atoms with Gasteiger partial charge in [0.15, 0.2) is 17.4 Å². The second-order valence-electron chi connectivity index (χ2n) is 0. The first-order valence-electron chi connectivity index (χ1n) is 0. The van der Waals surface area contributed by atoms with Crippen molar-refractivity contribution in [2.75, 3.05) is 0 Å². The van der Waals surface area contributed by atoms with Gasteiger partial charge in [0.05, 0.1) is 0 Å². The normalized spacial score (nSPS) is 0. The second-order valence-corrected chi connectivity index (χ2v) is 0. The van der Waals surface area contributed by atoms with E-state index in [0.717, 1.165) is 0 Å². The smallest absolute Gasteiger partial charge is 0 e. The third kappa shape index (κ3) is 8.87. The van der Waals surface area contributed by atoms with E-state index in [2.05, 4.69) is 0 Å². The molecular weight excluding hydrogens is 211 g/mol. The molecule has 0 amide bonds. The Bertz CT molecular complexity index is 13.5. The molecule has 0 aromatic carbocycles. The Hall–Kier alpha value is 2.94. The molecule has 0 saturated heterocycles. The van der Waals surface area contributed by atoms with Crippen molar-refractivity contribution >= 4 is 72.2 Å². The topological polar surface area (TPSA) is 0 Å². The van der Waals surface area contributed by atoms with E-state index in [0.29, 0.717) is 0 Å². The summed E-state index contributed by atoms with van der Waals surface area (Å²) in [5, 5.41) is 0. The van der Waals surface area contributed by atoms with Crippen LogP contribution in [0.25, 0.3) is 0 Å². The van der Waals surface area contributed by atoms with Crippen molar-refractivity contribution in [3.63, 3.8) is 0 Å². The SMILES string of the molecule is [AlH3].[Ca+2].[H-].[H-].[SeH2].[Zn]. The van der Waals surface area contributed by atoms with Crippen LogP contribution in [0.2, 0.25) is 0 Å². The van der Waals surface area contributed by atoms with Crippen molar-refractivity contribution < 1.29 is 22.3 Å². The molecule has 0 fully saturated rings. The van der Waals surface area contributed by atoms with Gasteiger partial charge in [-0.15, -0.1) is 0 Å². The van der Waals surface area contributed by atoms with Crippen molar-refractivity contribution in [3.8, 4) is 0 Å². The van der Waals surface area contributed by atoms with Crippen molar-refractivity contribution in [3.05, 3.63) is 0 Å². The molecule has 20 valence electrons. The molecule has 0 bridgehead atoms. The summed E-state index contributed by atoms with van der Waals surface area (Å²) >= 11 is 0. The van der Waals surface area contributed by atoms with Gasteiger partial charge in [-0.3, -0.25) is 0 Å². The zero-order valence-electron chi connectivity index (χ0n) is 3.91. The molecule has 0 atom stereocenters. The van der Waals surface area contributed by atoms with Gasteiger partial charge in [-0.05, 0) is 0 Å². The van der Waals surface area contributed by atoms with Gasteiger partial charge in [-0.25, -0.2) is 0 Å². The van der Waals surface area contributed by atoms with E-state index < -0.39 is 0 Å². The zero-order chi connectivity index (χ0) is 0. The fourth-order valence-electron chi connectivity index (χ4n) is 0. The Morgan fingerprint density at radius 2 is 1.25 bits per heavy atom. The molecule has 0 aromatic heterocycles. The molecule has 0 aromatic rings. The largest absolute Gasteiger partial charge is 0 e. The predicted octanol–water partition coefficient (Wildman–Crippen LogP) is -2.26. The fourth-order valence-corrected chi connectivity index (χ4v) is 0. The zero-order valence-corrected chi connectivity index (χ0v) is 9.19. The van der Waals surface area contributed by atoms with Crippen LogP contribution in [0.1, 0.15) is 2.85 Å². The monoisotopic (exact) mass is 218 g/mol. The molecule has 0 spiro atoms. The molecule has 4 heteroatoms. The van der Waals surface area contributed by atoms with E-state index in [-0.39, 0.29) is 94.5 Å². The van der Waals surface area contributed by atoms with Gasteiger partial charge < -0.3 is 2.85 Å². The molecule has 0 radical (unpaired) electrons. The molecule has 0 N–H and O–H groups in total. The third-order valence-electron chi connectivity index (χ3n) is 0. The maximum atomic E-state index is 0. The van der Waals surface area contributed by atoms with Crippen LogP contribution in [-0.4, -0.2) is 72.2 Å². The summed E-state index contributed by atoms with van der Waals surface area (Å²) in [6.07, 6.45) is 0. The standard InChI is InChI=1S/Al.Ca.H2Se.Zn.5H/h;;1H2;;;;;;/q;+2;;;;;;2*-1. The van der Waals surface area contributed by atoms with E-state index in [9.17, 15) is 0 Å². The molecule has 0 aliphatic heterocycles. The summed E-state index contributed by atoms with van der Waals surface area (Å²) in [5.41, 5.74) is 0. The van der Waals surface area contributed by atoms with Gasteiger partial charge in [0, 0.05) is 19.5 Å². The molecule has 0 unspecified atom stereocenters. The third-order valence-corrected chi connectivity index (χ3v) is 0. The molecule has 0 aliphatic carbocycles. The van der Waals surface area contributed by atoms with Crippen LogP contribution < -0.4 is 0 Å². The average molecular weight is 218 g/mol. The van der Waals surface area contributed by atoms with Crippen LogP contribution in [0.3, 0.4) is 0 Å². The first kappa shape index (κ1) is 28.4. The van der Waals surface area contributed by atoms with Crippen LogP contribution >= 0.6 is 0 Å². The second kappa shape index (κ2) is 16.8. The first-order valence-corrected chi connectivity index (χ1v) is 0. The van der Waals surface area contributed by atoms with Gasteiger partial charge >= 0.3 is 54.8 Å². The predicted molar refractivity (Wildman–Crippen MR) is 26.5 cm³/mol. The Labute approximate surface area is 92.8 Å². The van der Waals surface area contributed by atoms with Gasteiger partial charge in [0.2, 0.25) is 0 Å². The summed E-state index contributed by atoms with van der Waals surface area (Å²) in [7, 11) is 0. The molecule has 4 heavy (non-hydrogen) atoms. The van der Waals surface area contributed by atoms with Crippen LogP contribution in [-0.2, 0) is 19.5 Å². The number of hydrogen-bond donors (Lipinski definition) is 0. The van der Waals surface area contributed by atoms with Crippen LogP contribution in [0.4, 0.5) is 0 Å². The van der Waals surface area contributed by atoms with Gasteiger partial charge in [0.1, 0.15) is 0 Å². The molecule has 0 nitrogen and oxygen atoms in total. The molecular formula is H7AlCaSeZn. The number of hydrogen-bond acceptors (Lipinski definition) is 0. The van der Waals surface area contributed by atoms with Crippen molar-refractivity contribution in [1.29, 1.82) is 0 Å². The van der Waals surface area contributed by atoms with Crippen LogP contribution in [0, 0.1) is 0 Å². The van der Waals surface area contributed by atoms with E-state index in [1.54, 1.807) is 0 Å². The molecule has 0 rings (SSSR count). The van der Waals surface area contributed by atoms with Gasteiger partial charge in [0.25, 0.3) is 0 Å². The van der Waals surface area contributed by atoms with E-state index >= 15 is 0 Å². The number of rotatable bonds is 0. The maximum absolute atomic E-state index is 0. The van der Waals surface area contributed by atoms with Gasteiger partial charge in [-0.2, -0.15) is 0 Å². The molecule has 0 saturated carbocycles. The summed E-state index contributed by atoms with van der Waals surface area (Å²) in [6, 6.07) is 0. The average Bonchev–Trinajstić information content (AvgIpc) is 0. The van der Waals surface area contributed by atoms with Crippen LogP contribution in [0.5, 0.6) is 0 Å². The summed E-state index contributed by atoms with van der Waals surface area (Å²) < 4.78 is 0. The Kier molecular flexibility index (Phi) is 119. The van der Waals surface area contributed by atoms with E-state index in [4.69, 9.17) is 0 Å². The Morgan fingerprint density at radius 1 is 1.25 bits per heavy atom. The van der Waals surface area contributed by atoms with Crippen LogP contribution in [0.15, 0.2) is 0 Å². The fraction of sp³-hybridized carbons (Fsp3) is 0. The summed E-state index contributed by atoms with van der Waals surface area (Å²) in [6.45, 7) is 0. The van der Waals surface area contributed by atoms with E-state index in [1.807, 2.05) is 0 Å². The van der Waals surface area contributed by atoms with Gasteiger partial charge in [-0.1, -0.05) is 0 Å². The quantitative estimate of drug-likeness (QED) is 0.403. The Balaban J connectivity index is 0. The molecule has 0 heterocycles. The van der Waals surface area contributed by atoms with Crippen molar-refractivity contribution in [1.82, 2.24) is 0 Å². The Morgan fingerprint density at radius 3 is 1.25 bits per heavy atom. The molecule has 0 aliphatic rings. The minimum Gasteiger partial charge on any atom is 0 e. The summed E-state index contributed by atoms with van der Waals surface area (Å²) in [4.78, 5) is 0. The van der Waals surface area contributed by atoms with E-state index in [1.165, 1.54) is 0 Å². The minimum absolute atomic E-state index is 0. The summed E-state index contributed by atoms with van der Waals surface area (Å²) in [5.74, 6) is 0. The maximum Gasteiger partial charge on any atom is 0 e. The minimum atomic E-state index is 0.